The number of carbonyl (C=O) groups excluding carboxylic acids is 2. The summed E-state index contributed by atoms with van der Waals surface area (Å²) < 4.78 is 0. The Labute approximate surface area is 134 Å². The summed E-state index contributed by atoms with van der Waals surface area (Å²) in [5, 5.41) is 12.0. The summed E-state index contributed by atoms with van der Waals surface area (Å²) in [6.07, 6.45) is 0.547. The molecule has 0 spiro atoms. The van der Waals surface area contributed by atoms with Crippen LogP contribution in [-0.2, 0) is 4.79 Å². The molecule has 0 bridgehead atoms. The molecule has 1 aromatic rings. The Balaban J connectivity index is 1.93. The fraction of sp³-hybridized carbons (Fsp3) is 0.400. The van der Waals surface area contributed by atoms with Crippen molar-refractivity contribution in [3.05, 3.63) is 29.3 Å². The molecule has 1 fully saturated rings. The zero-order valence-electron chi connectivity index (χ0n) is 12.3. The largest absolute Gasteiger partial charge is 0.333 e. The summed E-state index contributed by atoms with van der Waals surface area (Å²) in [5.41, 5.74) is 0.768. The molecule has 22 heavy (non-hydrogen) atoms. The van der Waals surface area contributed by atoms with Crippen LogP contribution in [0.4, 0.5) is 10.5 Å². The van der Waals surface area contributed by atoms with Gasteiger partial charge in [0.25, 0.3) is 0 Å². The summed E-state index contributed by atoms with van der Waals surface area (Å²) in [6, 6.07) is 8.50. The number of nitriles is 1. The van der Waals surface area contributed by atoms with Crippen LogP contribution >= 0.6 is 11.6 Å². The van der Waals surface area contributed by atoms with Gasteiger partial charge in [0.15, 0.2) is 0 Å². The van der Waals surface area contributed by atoms with Gasteiger partial charge in [-0.1, -0.05) is 11.6 Å². The third kappa shape index (κ3) is 3.89. The van der Waals surface area contributed by atoms with Crippen molar-refractivity contribution >= 4 is 29.2 Å². The van der Waals surface area contributed by atoms with Crippen LogP contribution < -0.4 is 10.2 Å². The van der Waals surface area contributed by atoms with Crippen LogP contribution in [0.1, 0.15) is 12.8 Å². The molecule has 0 saturated carbocycles. The lowest BCUT2D eigenvalue weighted by Gasteiger charge is -2.20. The van der Waals surface area contributed by atoms with Gasteiger partial charge in [-0.25, -0.2) is 4.79 Å². The Morgan fingerprint density at radius 1 is 1.50 bits per heavy atom. The fourth-order valence-electron chi connectivity index (χ4n) is 2.28. The first-order valence-corrected chi connectivity index (χ1v) is 7.33. The minimum absolute atomic E-state index is 0.0349. The Morgan fingerprint density at radius 2 is 2.18 bits per heavy atom. The maximum atomic E-state index is 12.1. The van der Waals surface area contributed by atoms with Crippen molar-refractivity contribution in [3.8, 4) is 6.07 Å². The molecule has 1 aromatic carbocycles. The molecule has 0 unspecified atom stereocenters. The van der Waals surface area contributed by atoms with E-state index in [4.69, 9.17) is 16.9 Å². The third-order valence-corrected chi connectivity index (χ3v) is 3.75. The lowest BCUT2D eigenvalue weighted by atomic mass is 10.2. The van der Waals surface area contributed by atoms with Gasteiger partial charge in [0, 0.05) is 37.3 Å². The van der Waals surface area contributed by atoms with Gasteiger partial charge in [0.2, 0.25) is 5.91 Å². The Bertz CT molecular complexity index is 597. The number of rotatable bonds is 4. The normalized spacial score (nSPS) is 17.2. The summed E-state index contributed by atoms with van der Waals surface area (Å²) >= 11 is 5.84. The highest BCUT2D eigenvalue weighted by Gasteiger charge is 2.32. The van der Waals surface area contributed by atoms with Gasteiger partial charge in [-0.15, -0.1) is 0 Å². The molecule has 1 aliphatic rings. The number of urea groups is 1. The van der Waals surface area contributed by atoms with E-state index in [1.54, 1.807) is 36.2 Å². The van der Waals surface area contributed by atoms with Gasteiger partial charge in [-0.3, -0.25) is 4.79 Å². The van der Waals surface area contributed by atoms with Gasteiger partial charge < -0.3 is 15.1 Å². The van der Waals surface area contributed by atoms with E-state index in [0.29, 0.717) is 18.1 Å². The zero-order valence-corrected chi connectivity index (χ0v) is 13.0. The van der Waals surface area contributed by atoms with Crippen molar-refractivity contribution < 1.29 is 9.59 Å². The van der Waals surface area contributed by atoms with E-state index in [2.05, 4.69) is 5.32 Å². The molecule has 6 nitrogen and oxygen atoms in total. The average Bonchev–Trinajstić information content (AvgIpc) is 2.86. The van der Waals surface area contributed by atoms with Crippen LogP contribution in [0, 0.1) is 11.3 Å². The SMILES string of the molecule is CN(CCC#N)C(=O)N[C@@H]1CC(=O)N(c2ccc(Cl)cc2)C1. The van der Waals surface area contributed by atoms with E-state index in [-0.39, 0.29) is 30.8 Å². The van der Waals surface area contributed by atoms with Crippen molar-refractivity contribution in [1.82, 2.24) is 10.2 Å². The first kappa shape index (κ1) is 16.1. The Kier molecular flexibility index (Phi) is 5.23. The number of amides is 3. The Morgan fingerprint density at radius 3 is 2.82 bits per heavy atom. The van der Waals surface area contributed by atoms with Crippen LogP contribution in [0.25, 0.3) is 0 Å². The maximum absolute atomic E-state index is 12.1. The van der Waals surface area contributed by atoms with E-state index in [1.807, 2.05) is 6.07 Å². The molecule has 1 N–H and O–H groups in total. The monoisotopic (exact) mass is 320 g/mol. The van der Waals surface area contributed by atoms with Crippen LogP contribution in [0.5, 0.6) is 0 Å². The second-order valence-electron chi connectivity index (χ2n) is 5.16. The number of carbonyl (C=O) groups is 2. The lowest BCUT2D eigenvalue weighted by molar-refractivity contribution is -0.117. The minimum atomic E-state index is -0.272. The number of hydrogen-bond acceptors (Lipinski definition) is 3. The standard InChI is InChI=1S/C15H17ClN4O2/c1-19(8-2-7-17)15(22)18-12-9-14(21)20(10-12)13-5-3-11(16)4-6-13/h3-6,12H,2,8-10H2,1H3,(H,18,22)/t12-/m1/s1. The molecule has 1 heterocycles. The van der Waals surface area contributed by atoms with Crippen molar-refractivity contribution in [2.45, 2.75) is 18.9 Å². The molecule has 1 aliphatic heterocycles. The summed E-state index contributed by atoms with van der Waals surface area (Å²) in [7, 11) is 1.63. The van der Waals surface area contributed by atoms with E-state index >= 15 is 0 Å². The highest BCUT2D eigenvalue weighted by Crippen LogP contribution is 2.23. The number of nitrogens with one attached hydrogen (secondary N) is 1. The highest BCUT2D eigenvalue weighted by molar-refractivity contribution is 6.30. The average molecular weight is 321 g/mol. The quantitative estimate of drug-likeness (QED) is 0.921. The molecule has 0 radical (unpaired) electrons. The molecule has 0 aromatic heterocycles. The minimum Gasteiger partial charge on any atom is -0.333 e. The van der Waals surface area contributed by atoms with Crippen LogP contribution in [-0.4, -0.2) is 43.0 Å². The molecule has 1 atom stereocenters. The first-order valence-electron chi connectivity index (χ1n) is 6.95. The van der Waals surface area contributed by atoms with Crippen molar-refractivity contribution in [1.29, 1.82) is 5.26 Å². The summed E-state index contributed by atoms with van der Waals surface area (Å²) in [6.45, 7) is 0.794. The van der Waals surface area contributed by atoms with Crippen LogP contribution in [0.15, 0.2) is 24.3 Å². The van der Waals surface area contributed by atoms with E-state index in [9.17, 15) is 9.59 Å². The predicted molar refractivity (Wildman–Crippen MR) is 83.6 cm³/mol. The molecular weight excluding hydrogens is 304 g/mol. The van der Waals surface area contributed by atoms with Gasteiger partial charge in [-0.2, -0.15) is 5.26 Å². The zero-order chi connectivity index (χ0) is 16.1. The number of anilines is 1. The molecular formula is C15H17ClN4O2. The molecule has 2 rings (SSSR count). The van der Waals surface area contributed by atoms with E-state index in [0.717, 1.165) is 5.69 Å². The van der Waals surface area contributed by atoms with Crippen LogP contribution in [0.3, 0.4) is 0 Å². The third-order valence-electron chi connectivity index (χ3n) is 3.50. The second kappa shape index (κ2) is 7.14. The van der Waals surface area contributed by atoms with E-state index < -0.39 is 0 Å². The van der Waals surface area contributed by atoms with Crippen molar-refractivity contribution in [2.24, 2.45) is 0 Å². The topological polar surface area (TPSA) is 76.4 Å². The molecule has 116 valence electrons. The Hall–Kier alpha value is -2.26. The maximum Gasteiger partial charge on any atom is 0.317 e. The smallest absolute Gasteiger partial charge is 0.317 e. The second-order valence-corrected chi connectivity index (χ2v) is 5.60. The van der Waals surface area contributed by atoms with E-state index in [1.165, 1.54) is 4.90 Å². The van der Waals surface area contributed by atoms with Crippen molar-refractivity contribution in [2.75, 3.05) is 25.0 Å². The summed E-state index contributed by atoms with van der Waals surface area (Å²) in [4.78, 5) is 27.1. The van der Waals surface area contributed by atoms with Crippen molar-refractivity contribution in [3.63, 3.8) is 0 Å². The molecule has 1 saturated heterocycles. The van der Waals surface area contributed by atoms with Gasteiger partial charge in [0.05, 0.1) is 18.5 Å². The molecule has 7 heteroatoms. The number of benzene rings is 1. The highest BCUT2D eigenvalue weighted by atomic mass is 35.5. The number of halogens is 1. The van der Waals surface area contributed by atoms with Gasteiger partial charge in [-0.05, 0) is 24.3 Å². The fourth-order valence-corrected chi connectivity index (χ4v) is 2.40. The molecule has 3 amide bonds. The predicted octanol–water partition coefficient (Wildman–Crippen LogP) is 2.00. The van der Waals surface area contributed by atoms with Gasteiger partial charge in [0.1, 0.15) is 0 Å². The van der Waals surface area contributed by atoms with Crippen LogP contribution in [0.2, 0.25) is 5.02 Å². The van der Waals surface area contributed by atoms with Gasteiger partial charge >= 0.3 is 6.03 Å². The number of nitrogens with zero attached hydrogens (tertiary/aromatic N) is 3. The lowest BCUT2D eigenvalue weighted by Crippen LogP contribution is -2.44. The molecule has 0 aliphatic carbocycles. The first-order chi connectivity index (χ1) is 10.5. The summed E-state index contributed by atoms with van der Waals surface area (Å²) in [5.74, 6) is -0.0349. The number of hydrogen-bond donors (Lipinski definition) is 1.